The first-order valence-corrected chi connectivity index (χ1v) is 7.80. The molecule has 1 aromatic carbocycles. The van der Waals surface area contributed by atoms with Gasteiger partial charge < -0.3 is 14.7 Å². The zero-order valence-electron chi connectivity index (χ0n) is 12.3. The minimum atomic E-state index is -0.470. The van der Waals surface area contributed by atoms with Gasteiger partial charge in [0.1, 0.15) is 5.75 Å². The van der Waals surface area contributed by atoms with Crippen LogP contribution in [0.25, 0.3) is 0 Å². The number of rotatable bonds is 2. The molecule has 20 heavy (non-hydrogen) atoms. The molecular formula is C17H25NO2. The van der Waals surface area contributed by atoms with Gasteiger partial charge in [0.2, 0.25) is 0 Å². The predicted octanol–water partition coefficient (Wildman–Crippen LogP) is 2.79. The van der Waals surface area contributed by atoms with Crippen LogP contribution in [0.3, 0.4) is 0 Å². The van der Waals surface area contributed by atoms with Crippen LogP contribution >= 0.6 is 0 Å². The number of likely N-dealkylation sites (tertiary alicyclic amines) is 1. The molecule has 0 spiro atoms. The van der Waals surface area contributed by atoms with Gasteiger partial charge in [-0.15, -0.1) is 0 Å². The molecule has 3 nitrogen and oxygen atoms in total. The van der Waals surface area contributed by atoms with Crippen LogP contribution in [0.4, 0.5) is 0 Å². The summed E-state index contributed by atoms with van der Waals surface area (Å²) in [6, 6.07) is 8.43. The molecule has 2 atom stereocenters. The van der Waals surface area contributed by atoms with Crippen molar-refractivity contribution >= 4 is 0 Å². The summed E-state index contributed by atoms with van der Waals surface area (Å²) in [7, 11) is 0. The first-order chi connectivity index (χ1) is 9.64. The van der Waals surface area contributed by atoms with Gasteiger partial charge in [0, 0.05) is 19.0 Å². The topological polar surface area (TPSA) is 32.7 Å². The van der Waals surface area contributed by atoms with Crippen molar-refractivity contribution in [3.63, 3.8) is 0 Å². The smallest absolute Gasteiger partial charge is 0.122 e. The molecule has 0 aliphatic carbocycles. The van der Waals surface area contributed by atoms with Crippen molar-refractivity contribution in [2.24, 2.45) is 0 Å². The zero-order chi connectivity index (χ0) is 14.0. The molecule has 0 amide bonds. The second kappa shape index (κ2) is 5.74. The Bertz CT molecular complexity index is 458. The average molecular weight is 275 g/mol. The first-order valence-electron chi connectivity index (χ1n) is 7.80. The van der Waals surface area contributed by atoms with E-state index < -0.39 is 5.60 Å². The molecule has 1 N–H and O–H groups in total. The number of hydrogen-bond acceptors (Lipinski definition) is 3. The molecule has 0 bridgehead atoms. The van der Waals surface area contributed by atoms with Gasteiger partial charge >= 0.3 is 0 Å². The molecule has 1 aromatic rings. The van der Waals surface area contributed by atoms with Crippen LogP contribution in [0.5, 0.6) is 5.75 Å². The lowest BCUT2D eigenvalue weighted by Gasteiger charge is -2.31. The van der Waals surface area contributed by atoms with Crippen LogP contribution < -0.4 is 4.74 Å². The zero-order valence-corrected chi connectivity index (χ0v) is 12.3. The van der Waals surface area contributed by atoms with E-state index in [-0.39, 0.29) is 0 Å². The number of para-hydroxylation sites is 1. The van der Waals surface area contributed by atoms with Crippen LogP contribution in [-0.2, 0) is 0 Å². The third-order valence-corrected chi connectivity index (χ3v) is 4.72. The monoisotopic (exact) mass is 275 g/mol. The Morgan fingerprint density at radius 3 is 3.05 bits per heavy atom. The SMILES string of the molecule is CC1(O)CCCN(CC2CCOc3ccccc32)CC1. The van der Waals surface area contributed by atoms with Crippen molar-refractivity contribution in [1.82, 2.24) is 4.90 Å². The first kappa shape index (κ1) is 13.9. The summed E-state index contributed by atoms with van der Waals surface area (Å²) in [4.78, 5) is 2.52. The lowest BCUT2D eigenvalue weighted by Crippen LogP contribution is -2.33. The molecule has 110 valence electrons. The molecule has 2 heterocycles. The highest BCUT2D eigenvalue weighted by molar-refractivity contribution is 5.37. The van der Waals surface area contributed by atoms with Crippen LogP contribution in [0.1, 0.15) is 44.1 Å². The molecule has 0 radical (unpaired) electrons. The molecule has 2 unspecified atom stereocenters. The highest BCUT2D eigenvalue weighted by atomic mass is 16.5. The van der Waals surface area contributed by atoms with Gasteiger partial charge in [0.15, 0.2) is 0 Å². The lowest BCUT2D eigenvalue weighted by molar-refractivity contribution is 0.0443. The van der Waals surface area contributed by atoms with E-state index in [1.807, 2.05) is 13.0 Å². The Morgan fingerprint density at radius 1 is 1.30 bits per heavy atom. The third kappa shape index (κ3) is 3.15. The van der Waals surface area contributed by atoms with Crippen molar-refractivity contribution < 1.29 is 9.84 Å². The van der Waals surface area contributed by atoms with Gasteiger partial charge in [0.05, 0.1) is 12.2 Å². The Labute approximate surface area is 121 Å². The summed E-state index contributed by atoms with van der Waals surface area (Å²) in [5.41, 5.74) is 0.886. The summed E-state index contributed by atoms with van der Waals surface area (Å²) in [5, 5.41) is 10.2. The van der Waals surface area contributed by atoms with E-state index in [0.717, 1.165) is 57.7 Å². The Kier molecular flexibility index (Phi) is 3.99. The summed E-state index contributed by atoms with van der Waals surface area (Å²) < 4.78 is 5.74. The largest absolute Gasteiger partial charge is 0.493 e. The van der Waals surface area contributed by atoms with E-state index >= 15 is 0 Å². The molecule has 3 rings (SSSR count). The maximum atomic E-state index is 10.2. The Hall–Kier alpha value is -1.06. The van der Waals surface area contributed by atoms with E-state index in [4.69, 9.17) is 4.74 Å². The fraction of sp³-hybridized carbons (Fsp3) is 0.647. The van der Waals surface area contributed by atoms with Gasteiger partial charge in [0.25, 0.3) is 0 Å². The van der Waals surface area contributed by atoms with Gasteiger partial charge in [-0.1, -0.05) is 18.2 Å². The molecule has 0 aromatic heterocycles. The normalized spacial score (nSPS) is 31.2. The van der Waals surface area contributed by atoms with Gasteiger partial charge in [-0.05, 0) is 50.8 Å². The Morgan fingerprint density at radius 2 is 2.15 bits per heavy atom. The van der Waals surface area contributed by atoms with Crippen LogP contribution in [0.2, 0.25) is 0 Å². The van der Waals surface area contributed by atoms with E-state index in [1.54, 1.807) is 0 Å². The molecule has 3 heteroatoms. The van der Waals surface area contributed by atoms with Crippen LogP contribution in [-0.4, -0.2) is 41.8 Å². The molecule has 1 fully saturated rings. The minimum absolute atomic E-state index is 0.470. The third-order valence-electron chi connectivity index (χ3n) is 4.72. The second-order valence-electron chi connectivity index (χ2n) is 6.52. The molecule has 1 saturated heterocycles. The molecule has 0 saturated carbocycles. The van der Waals surface area contributed by atoms with Gasteiger partial charge in [-0.25, -0.2) is 0 Å². The predicted molar refractivity (Wildman–Crippen MR) is 80.2 cm³/mol. The van der Waals surface area contributed by atoms with E-state index in [2.05, 4.69) is 23.1 Å². The van der Waals surface area contributed by atoms with Gasteiger partial charge in [-0.3, -0.25) is 0 Å². The van der Waals surface area contributed by atoms with Crippen LogP contribution in [0, 0.1) is 0 Å². The van der Waals surface area contributed by atoms with Crippen molar-refractivity contribution in [2.75, 3.05) is 26.2 Å². The van der Waals surface area contributed by atoms with Crippen molar-refractivity contribution in [3.8, 4) is 5.75 Å². The second-order valence-corrected chi connectivity index (χ2v) is 6.52. The number of benzene rings is 1. The number of aliphatic hydroxyl groups is 1. The molecule has 2 aliphatic rings. The van der Waals surface area contributed by atoms with Crippen molar-refractivity contribution in [3.05, 3.63) is 29.8 Å². The van der Waals surface area contributed by atoms with Crippen LogP contribution in [0.15, 0.2) is 24.3 Å². The summed E-state index contributed by atoms with van der Waals surface area (Å²) in [6.07, 6.45) is 4.01. The highest BCUT2D eigenvalue weighted by Crippen LogP contribution is 2.34. The quantitative estimate of drug-likeness (QED) is 0.901. The summed E-state index contributed by atoms with van der Waals surface area (Å²) in [6.45, 7) is 6.01. The maximum absolute atomic E-state index is 10.2. The Balaban J connectivity index is 1.67. The standard InChI is InChI=1S/C17H25NO2/c1-17(19)8-4-10-18(11-9-17)13-14-7-12-20-16-6-3-2-5-15(14)16/h2-3,5-6,14,19H,4,7-13H2,1H3. The van der Waals surface area contributed by atoms with Crippen molar-refractivity contribution in [1.29, 1.82) is 0 Å². The number of hydrogen-bond donors (Lipinski definition) is 1. The van der Waals surface area contributed by atoms with E-state index in [1.165, 1.54) is 5.56 Å². The minimum Gasteiger partial charge on any atom is -0.493 e. The highest BCUT2D eigenvalue weighted by Gasteiger charge is 2.28. The fourth-order valence-electron chi connectivity index (χ4n) is 3.42. The fourth-order valence-corrected chi connectivity index (χ4v) is 3.42. The van der Waals surface area contributed by atoms with E-state index in [9.17, 15) is 5.11 Å². The van der Waals surface area contributed by atoms with E-state index in [0.29, 0.717) is 5.92 Å². The molecular weight excluding hydrogens is 250 g/mol. The summed E-state index contributed by atoms with van der Waals surface area (Å²) >= 11 is 0. The summed E-state index contributed by atoms with van der Waals surface area (Å²) in [5.74, 6) is 1.63. The number of ether oxygens (including phenoxy) is 1. The number of nitrogens with zero attached hydrogens (tertiary/aromatic N) is 1. The maximum Gasteiger partial charge on any atom is 0.122 e. The van der Waals surface area contributed by atoms with Crippen molar-refractivity contribution in [2.45, 2.75) is 44.1 Å². The lowest BCUT2D eigenvalue weighted by atomic mass is 9.92. The van der Waals surface area contributed by atoms with Gasteiger partial charge in [-0.2, -0.15) is 0 Å². The molecule has 2 aliphatic heterocycles. The average Bonchev–Trinajstić information content (AvgIpc) is 2.61. The number of fused-ring (bicyclic) bond motifs is 1.